The molecule has 4 aliphatic carbocycles. The van der Waals surface area contributed by atoms with Crippen LogP contribution in [0, 0.1) is 46.3 Å². The molecule has 4 unspecified atom stereocenters. The number of esters is 2. The maximum absolute atomic E-state index is 12.7. The van der Waals surface area contributed by atoms with E-state index in [2.05, 4.69) is 20.8 Å². The lowest BCUT2D eigenvalue weighted by Crippen LogP contribution is -2.59. The van der Waals surface area contributed by atoms with Crippen LogP contribution in [0.2, 0.25) is 0 Å². The van der Waals surface area contributed by atoms with Crippen molar-refractivity contribution in [3.8, 4) is 0 Å². The second-order valence-corrected chi connectivity index (χ2v) is 13.2. The van der Waals surface area contributed by atoms with Gasteiger partial charge in [-0.25, -0.2) is 4.79 Å². The molecule has 0 spiro atoms. The van der Waals surface area contributed by atoms with Crippen molar-refractivity contribution >= 4 is 11.9 Å². The molecule has 5 nitrogen and oxygen atoms in total. The Balaban J connectivity index is 1.27. The molecule has 4 aliphatic rings. The monoisotopic (exact) mass is 510 g/mol. The number of hydrogen-bond donors (Lipinski definition) is 1. The normalized spacial score (nSPS) is 41.6. The number of carbonyl (C=O) groups is 2. The SMILES string of the molecule is COC(=O)CCC(C)[C@H]1CCC2C3CC[C@@H]4C[C@H](OC(=O)c5ccccc5)CC[C@]4(C)C3C[C@H](O)[C@@]21C. The third-order valence-corrected chi connectivity index (χ3v) is 11.8. The molecule has 1 N–H and O–H groups in total. The molecule has 0 aromatic heterocycles. The van der Waals surface area contributed by atoms with Gasteiger partial charge in [-0.3, -0.25) is 4.79 Å². The number of rotatable bonds is 6. The minimum Gasteiger partial charge on any atom is -0.469 e. The number of benzene rings is 1. The summed E-state index contributed by atoms with van der Waals surface area (Å²) in [6.45, 7) is 7.11. The molecule has 204 valence electrons. The van der Waals surface area contributed by atoms with Gasteiger partial charge in [-0.2, -0.15) is 0 Å². The molecule has 4 saturated carbocycles. The first-order valence-corrected chi connectivity index (χ1v) is 14.7. The zero-order valence-electron chi connectivity index (χ0n) is 23.2. The van der Waals surface area contributed by atoms with Gasteiger partial charge in [0.2, 0.25) is 0 Å². The predicted octanol–water partition coefficient (Wildman–Crippen LogP) is 6.43. The van der Waals surface area contributed by atoms with Gasteiger partial charge in [0.15, 0.2) is 0 Å². The fourth-order valence-corrected chi connectivity index (χ4v) is 9.69. The summed E-state index contributed by atoms with van der Waals surface area (Å²) in [4.78, 5) is 24.5. The van der Waals surface area contributed by atoms with Crippen molar-refractivity contribution in [2.75, 3.05) is 7.11 Å². The smallest absolute Gasteiger partial charge is 0.338 e. The summed E-state index contributed by atoms with van der Waals surface area (Å²) in [6, 6.07) is 9.33. The largest absolute Gasteiger partial charge is 0.469 e. The zero-order valence-corrected chi connectivity index (χ0v) is 23.2. The van der Waals surface area contributed by atoms with E-state index in [1.165, 1.54) is 26.4 Å². The summed E-state index contributed by atoms with van der Waals surface area (Å²) in [5.74, 6) is 2.82. The van der Waals surface area contributed by atoms with Gasteiger partial charge in [0.25, 0.3) is 0 Å². The fraction of sp³-hybridized carbons (Fsp3) is 0.750. The Kier molecular flexibility index (Phi) is 7.48. The summed E-state index contributed by atoms with van der Waals surface area (Å²) in [5, 5.41) is 11.8. The van der Waals surface area contributed by atoms with Gasteiger partial charge in [-0.15, -0.1) is 0 Å². The van der Waals surface area contributed by atoms with Crippen molar-refractivity contribution in [1.82, 2.24) is 0 Å². The molecule has 0 radical (unpaired) electrons. The van der Waals surface area contributed by atoms with E-state index in [1.807, 2.05) is 30.3 Å². The fourth-order valence-electron chi connectivity index (χ4n) is 9.69. The van der Waals surface area contributed by atoms with Crippen LogP contribution in [-0.4, -0.2) is 36.4 Å². The summed E-state index contributed by atoms with van der Waals surface area (Å²) < 4.78 is 10.9. The predicted molar refractivity (Wildman–Crippen MR) is 143 cm³/mol. The highest BCUT2D eigenvalue weighted by molar-refractivity contribution is 5.89. The lowest BCUT2D eigenvalue weighted by molar-refractivity contribution is -0.175. The maximum Gasteiger partial charge on any atom is 0.338 e. The maximum atomic E-state index is 12.7. The molecule has 0 bridgehead atoms. The van der Waals surface area contributed by atoms with E-state index >= 15 is 0 Å². The minimum absolute atomic E-state index is 0.00682. The number of aliphatic hydroxyl groups excluding tert-OH is 1. The van der Waals surface area contributed by atoms with Gasteiger partial charge < -0.3 is 14.6 Å². The molecule has 0 amide bonds. The third-order valence-electron chi connectivity index (χ3n) is 11.8. The first-order valence-electron chi connectivity index (χ1n) is 14.7. The molecule has 0 aliphatic heterocycles. The number of methoxy groups -OCH3 is 1. The standard InChI is InChI=1S/C32H46O5/c1-20(10-15-29(34)36-4)25-13-14-26-24-12-11-22-18-23(37-30(35)21-8-6-5-7-9-21)16-17-31(22,2)27(24)19-28(33)32(25,26)3/h5-9,20,22-28,33H,10-19H2,1-4H3/t20?,22-,23-,24?,25-,26?,27?,28+,31+,32-/m1/s1. The Bertz CT molecular complexity index is 977. The van der Waals surface area contributed by atoms with Crippen LogP contribution in [0.25, 0.3) is 0 Å². The second kappa shape index (κ2) is 10.4. The van der Waals surface area contributed by atoms with Crippen LogP contribution in [0.5, 0.6) is 0 Å². The highest BCUT2D eigenvalue weighted by atomic mass is 16.5. The van der Waals surface area contributed by atoms with Gasteiger partial charge >= 0.3 is 11.9 Å². The van der Waals surface area contributed by atoms with Crippen molar-refractivity contribution < 1.29 is 24.2 Å². The van der Waals surface area contributed by atoms with E-state index in [4.69, 9.17) is 9.47 Å². The Morgan fingerprint density at radius 2 is 1.78 bits per heavy atom. The molecule has 4 fully saturated rings. The quantitative estimate of drug-likeness (QED) is 0.447. The van der Waals surface area contributed by atoms with Crippen LogP contribution >= 0.6 is 0 Å². The Labute approximate surface area is 222 Å². The summed E-state index contributed by atoms with van der Waals surface area (Å²) in [5.41, 5.74) is 0.767. The molecular weight excluding hydrogens is 464 g/mol. The highest BCUT2D eigenvalue weighted by Crippen LogP contribution is 2.68. The molecule has 5 heteroatoms. The number of hydrogen-bond acceptors (Lipinski definition) is 5. The van der Waals surface area contributed by atoms with E-state index in [1.54, 1.807) is 0 Å². The van der Waals surface area contributed by atoms with E-state index < -0.39 is 0 Å². The first kappa shape index (κ1) is 26.7. The topological polar surface area (TPSA) is 72.8 Å². The van der Waals surface area contributed by atoms with E-state index in [0.29, 0.717) is 47.5 Å². The van der Waals surface area contributed by atoms with Gasteiger partial charge in [0.05, 0.1) is 18.8 Å². The van der Waals surface area contributed by atoms with Gasteiger partial charge in [0.1, 0.15) is 6.10 Å². The third kappa shape index (κ3) is 4.64. The number of aliphatic hydroxyl groups is 1. The zero-order chi connectivity index (χ0) is 26.4. The molecule has 1 aromatic carbocycles. The number of ether oxygens (including phenoxy) is 2. The molecule has 0 heterocycles. The Hall–Kier alpha value is -1.88. The number of fused-ring (bicyclic) bond motifs is 5. The van der Waals surface area contributed by atoms with Crippen LogP contribution in [0.1, 0.15) is 95.3 Å². The van der Waals surface area contributed by atoms with Crippen LogP contribution in [0.3, 0.4) is 0 Å². The van der Waals surface area contributed by atoms with Crippen LogP contribution in [0.4, 0.5) is 0 Å². The van der Waals surface area contributed by atoms with Crippen molar-refractivity contribution in [3.05, 3.63) is 35.9 Å². The van der Waals surface area contributed by atoms with Crippen molar-refractivity contribution in [2.45, 2.75) is 97.2 Å². The molecular formula is C32H46O5. The summed E-state index contributed by atoms with van der Waals surface area (Å²) in [6.07, 6.45) is 9.59. The van der Waals surface area contributed by atoms with E-state index in [-0.39, 0.29) is 35.0 Å². The van der Waals surface area contributed by atoms with Gasteiger partial charge in [-0.1, -0.05) is 39.0 Å². The van der Waals surface area contributed by atoms with Gasteiger partial charge in [-0.05, 0) is 116 Å². The Morgan fingerprint density at radius 1 is 1.03 bits per heavy atom. The molecule has 37 heavy (non-hydrogen) atoms. The minimum atomic E-state index is -0.295. The lowest BCUT2D eigenvalue weighted by Gasteiger charge is -2.62. The van der Waals surface area contributed by atoms with Crippen LogP contribution < -0.4 is 0 Å². The van der Waals surface area contributed by atoms with Crippen molar-refractivity contribution in [1.29, 1.82) is 0 Å². The average Bonchev–Trinajstić information content (AvgIpc) is 3.27. The van der Waals surface area contributed by atoms with Crippen molar-refractivity contribution in [2.24, 2.45) is 46.3 Å². The van der Waals surface area contributed by atoms with Crippen LogP contribution in [-0.2, 0) is 14.3 Å². The molecule has 0 saturated heterocycles. The lowest BCUT2D eigenvalue weighted by atomic mass is 9.43. The average molecular weight is 511 g/mol. The first-order chi connectivity index (χ1) is 17.7. The highest BCUT2D eigenvalue weighted by Gasteiger charge is 2.63. The Morgan fingerprint density at radius 3 is 2.51 bits per heavy atom. The second-order valence-electron chi connectivity index (χ2n) is 13.2. The van der Waals surface area contributed by atoms with Crippen LogP contribution in [0.15, 0.2) is 30.3 Å². The van der Waals surface area contributed by atoms with E-state index in [0.717, 1.165) is 38.5 Å². The molecule has 10 atom stereocenters. The van der Waals surface area contributed by atoms with E-state index in [9.17, 15) is 14.7 Å². The molecule has 5 rings (SSSR count). The molecule has 1 aromatic rings. The van der Waals surface area contributed by atoms with Crippen molar-refractivity contribution in [3.63, 3.8) is 0 Å². The van der Waals surface area contributed by atoms with Gasteiger partial charge in [0, 0.05) is 6.42 Å². The summed E-state index contributed by atoms with van der Waals surface area (Å²) >= 11 is 0. The number of carbonyl (C=O) groups excluding carboxylic acids is 2. The summed E-state index contributed by atoms with van der Waals surface area (Å²) in [7, 11) is 1.46.